The van der Waals surface area contributed by atoms with Crippen LogP contribution in [-0.4, -0.2) is 24.7 Å². The molecular formula is C28H48O4S. The molecule has 0 spiro atoms. The number of esters is 1. The molecule has 0 radical (unpaired) electrons. The highest BCUT2D eigenvalue weighted by Gasteiger charge is 2.37. The van der Waals surface area contributed by atoms with Gasteiger partial charge in [-0.1, -0.05) is 46.8 Å². The standard InChI is InChI=1S/C28H48O4S/c1-18(2)21-16-22(19(3)4)24(33(30,31)27(9,10)11)23(17-21)20(5)14-15-28(12,13)32-25(29)26(6,7)8/h16-20H,14-15H2,1-13H3. The van der Waals surface area contributed by atoms with Gasteiger partial charge in [0.25, 0.3) is 0 Å². The topological polar surface area (TPSA) is 60.4 Å². The van der Waals surface area contributed by atoms with E-state index in [1.807, 2.05) is 34.6 Å². The van der Waals surface area contributed by atoms with Gasteiger partial charge in [-0.2, -0.15) is 0 Å². The highest BCUT2D eigenvalue weighted by molar-refractivity contribution is 7.92. The van der Waals surface area contributed by atoms with Crippen LogP contribution in [0.15, 0.2) is 17.0 Å². The third-order valence-electron chi connectivity index (χ3n) is 6.22. The van der Waals surface area contributed by atoms with E-state index in [9.17, 15) is 13.2 Å². The van der Waals surface area contributed by atoms with Crippen LogP contribution in [-0.2, 0) is 19.4 Å². The molecule has 0 amide bonds. The van der Waals surface area contributed by atoms with E-state index < -0.39 is 25.6 Å². The summed E-state index contributed by atoms with van der Waals surface area (Å²) in [6.07, 6.45) is 1.37. The molecule has 190 valence electrons. The van der Waals surface area contributed by atoms with Gasteiger partial charge in [-0.25, -0.2) is 8.42 Å². The summed E-state index contributed by atoms with van der Waals surface area (Å²) in [6.45, 7) is 25.2. The van der Waals surface area contributed by atoms with Crippen LogP contribution in [0.1, 0.15) is 137 Å². The average Bonchev–Trinajstić information content (AvgIpc) is 2.62. The number of carbonyl (C=O) groups excluding carboxylic acids is 1. The number of sulfone groups is 1. The summed E-state index contributed by atoms with van der Waals surface area (Å²) in [5.41, 5.74) is 1.76. The number of hydrogen-bond acceptors (Lipinski definition) is 4. The SMILES string of the molecule is CC(C)c1cc(C(C)C)c(S(=O)(=O)C(C)(C)C)c(C(C)CCC(C)(C)OC(=O)C(C)(C)C)c1. The first-order valence-corrected chi connectivity index (χ1v) is 13.8. The highest BCUT2D eigenvalue weighted by Crippen LogP contribution is 2.41. The summed E-state index contributed by atoms with van der Waals surface area (Å²) >= 11 is 0. The fraction of sp³-hybridized carbons (Fsp3) is 0.750. The number of benzene rings is 1. The largest absolute Gasteiger partial charge is 0.459 e. The van der Waals surface area contributed by atoms with Crippen LogP contribution in [0.5, 0.6) is 0 Å². The summed E-state index contributed by atoms with van der Waals surface area (Å²) in [6, 6.07) is 4.17. The number of ether oxygens (including phenoxy) is 1. The van der Waals surface area contributed by atoms with Crippen LogP contribution >= 0.6 is 0 Å². The molecule has 0 heterocycles. The molecular weight excluding hydrogens is 432 g/mol. The molecule has 0 saturated heterocycles. The van der Waals surface area contributed by atoms with Crippen molar-refractivity contribution in [2.24, 2.45) is 5.41 Å². The molecule has 0 aromatic heterocycles. The summed E-state index contributed by atoms with van der Waals surface area (Å²) in [7, 11) is -3.55. The predicted molar refractivity (Wildman–Crippen MR) is 139 cm³/mol. The van der Waals surface area contributed by atoms with Gasteiger partial charge >= 0.3 is 5.97 Å². The van der Waals surface area contributed by atoms with Gasteiger partial charge in [0, 0.05) is 0 Å². The third-order valence-corrected chi connectivity index (χ3v) is 8.85. The van der Waals surface area contributed by atoms with Gasteiger partial charge in [0.05, 0.1) is 15.1 Å². The molecule has 4 nitrogen and oxygen atoms in total. The van der Waals surface area contributed by atoms with Gasteiger partial charge < -0.3 is 4.74 Å². The zero-order valence-electron chi connectivity index (χ0n) is 23.3. The predicted octanol–water partition coefficient (Wildman–Crippen LogP) is 7.76. The van der Waals surface area contributed by atoms with Crippen molar-refractivity contribution < 1.29 is 17.9 Å². The van der Waals surface area contributed by atoms with Gasteiger partial charge in [0.1, 0.15) is 5.60 Å². The van der Waals surface area contributed by atoms with Gasteiger partial charge in [-0.15, -0.1) is 0 Å². The Kier molecular flexibility index (Phi) is 9.08. The van der Waals surface area contributed by atoms with Crippen LogP contribution in [0.4, 0.5) is 0 Å². The molecule has 1 atom stereocenters. The first-order valence-electron chi connectivity index (χ1n) is 12.3. The number of hydrogen-bond donors (Lipinski definition) is 0. The van der Waals surface area contributed by atoms with E-state index in [2.05, 4.69) is 46.8 Å². The van der Waals surface area contributed by atoms with Crippen molar-refractivity contribution in [2.75, 3.05) is 0 Å². The lowest BCUT2D eigenvalue weighted by molar-refractivity contribution is -0.167. The Hall–Kier alpha value is -1.36. The van der Waals surface area contributed by atoms with Gasteiger partial charge in [0.15, 0.2) is 9.84 Å². The number of carbonyl (C=O) groups is 1. The maximum Gasteiger partial charge on any atom is 0.311 e. The molecule has 0 aliphatic heterocycles. The van der Waals surface area contributed by atoms with Gasteiger partial charge in [0.2, 0.25) is 0 Å². The Morgan fingerprint density at radius 3 is 1.73 bits per heavy atom. The van der Waals surface area contributed by atoms with E-state index in [1.165, 1.54) is 0 Å². The van der Waals surface area contributed by atoms with E-state index >= 15 is 0 Å². The fourth-order valence-corrected chi connectivity index (χ4v) is 5.41. The van der Waals surface area contributed by atoms with Crippen molar-refractivity contribution >= 4 is 15.8 Å². The van der Waals surface area contributed by atoms with Crippen molar-refractivity contribution in [3.63, 3.8) is 0 Å². The van der Waals surface area contributed by atoms with Crippen LogP contribution in [0.2, 0.25) is 0 Å². The summed E-state index contributed by atoms with van der Waals surface area (Å²) in [5.74, 6) is 0.163. The molecule has 1 unspecified atom stereocenters. The lowest BCUT2D eigenvalue weighted by Crippen LogP contribution is -2.34. The molecule has 33 heavy (non-hydrogen) atoms. The molecule has 1 rings (SSSR count). The van der Waals surface area contributed by atoms with Crippen molar-refractivity contribution in [2.45, 2.75) is 136 Å². The van der Waals surface area contributed by atoms with E-state index in [1.54, 1.807) is 20.8 Å². The molecule has 0 saturated carbocycles. The Labute approximate surface area is 203 Å². The van der Waals surface area contributed by atoms with Crippen LogP contribution < -0.4 is 0 Å². The molecule has 0 aliphatic rings. The normalized spacial score (nSPS) is 14.6. The first-order chi connectivity index (χ1) is 14.6. The van der Waals surface area contributed by atoms with Crippen LogP contribution in [0.25, 0.3) is 0 Å². The zero-order valence-corrected chi connectivity index (χ0v) is 24.2. The molecule has 0 fully saturated rings. The molecule has 1 aromatic carbocycles. The van der Waals surface area contributed by atoms with E-state index in [-0.39, 0.29) is 17.8 Å². The van der Waals surface area contributed by atoms with Crippen molar-refractivity contribution in [3.8, 4) is 0 Å². The second kappa shape index (κ2) is 10.1. The minimum atomic E-state index is -3.55. The van der Waals surface area contributed by atoms with Crippen molar-refractivity contribution in [1.29, 1.82) is 0 Å². The molecule has 0 aliphatic carbocycles. The summed E-state index contributed by atoms with van der Waals surface area (Å²) in [5, 5.41) is 0. The van der Waals surface area contributed by atoms with Crippen molar-refractivity contribution in [1.82, 2.24) is 0 Å². The molecule has 0 N–H and O–H groups in total. The molecule has 1 aromatic rings. The Morgan fingerprint density at radius 2 is 1.33 bits per heavy atom. The van der Waals surface area contributed by atoms with Crippen molar-refractivity contribution in [3.05, 3.63) is 28.8 Å². The minimum absolute atomic E-state index is 0.000869. The third kappa shape index (κ3) is 7.31. The molecule has 0 bridgehead atoms. The summed E-state index contributed by atoms with van der Waals surface area (Å²) in [4.78, 5) is 12.9. The van der Waals surface area contributed by atoms with Crippen LogP contribution in [0, 0.1) is 5.41 Å². The van der Waals surface area contributed by atoms with E-state index in [0.717, 1.165) is 23.1 Å². The lowest BCUT2D eigenvalue weighted by atomic mass is 9.85. The first kappa shape index (κ1) is 29.7. The highest BCUT2D eigenvalue weighted by atomic mass is 32.2. The lowest BCUT2D eigenvalue weighted by Gasteiger charge is -2.32. The number of rotatable bonds is 8. The second-order valence-corrected chi connectivity index (χ2v) is 15.4. The van der Waals surface area contributed by atoms with Crippen LogP contribution in [0.3, 0.4) is 0 Å². The monoisotopic (exact) mass is 480 g/mol. The summed E-state index contributed by atoms with van der Waals surface area (Å²) < 4.78 is 32.5. The molecule has 5 heteroatoms. The average molecular weight is 481 g/mol. The zero-order chi connectivity index (χ0) is 26.2. The van der Waals surface area contributed by atoms with E-state index in [4.69, 9.17) is 4.74 Å². The second-order valence-electron chi connectivity index (χ2n) is 12.8. The van der Waals surface area contributed by atoms with Gasteiger partial charge in [-0.3, -0.25) is 4.79 Å². The fourth-order valence-electron chi connectivity index (χ4n) is 3.62. The Bertz CT molecular complexity index is 939. The smallest absolute Gasteiger partial charge is 0.311 e. The minimum Gasteiger partial charge on any atom is -0.459 e. The Balaban J connectivity index is 3.52. The van der Waals surface area contributed by atoms with E-state index in [0.29, 0.717) is 17.2 Å². The maximum absolute atomic E-state index is 13.8. The Morgan fingerprint density at radius 1 is 0.848 bits per heavy atom. The van der Waals surface area contributed by atoms with Gasteiger partial charge in [-0.05, 0) is 103 Å². The quantitative estimate of drug-likeness (QED) is 0.357. The maximum atomic E-state index is 13.8.